The number of fused-ring (bicyclic) bond motifs is 1. The number of pyridine rings is 1. The second-order valence-electron chi connectivity index (χ2n) is 6.97. The minimum Gasteiger partial charge on any atom is -0.496 e. The maximum Gasteiger partial charge on any atom is 0.291 e. The Balaban J connectivity index is 1.50. The van der Waals surface area contributed by atoms with Crippen LogP contribution in [0.1, 0.15) is 16.7 Å². The largest absolute Gasteiger partial charge is 0.496 e. The number of nitrogens with zero attached hydrogens (tertiary/aromatic N) is 1. The summed E-state index contributed by atoms with van der Waals surface area (Å²) in [5.41, 5.74) is 2.95. The second kappa shape index (κ2) is 9.61. The topological polar surface area (TPSA) is 89.6 Å². The van der Waals surface area contributed by atoms with Crippen LogP contribution in [0.5, 0.6) is 11.5 Å². The lowest BCUT2D eigenvalue weighted by Gasteiger charge is -2.19. The predicted octanol–water partition coefficient (Wildman–Crippen LogP) is 3.79. The highest BCUT2D eigenvalue weighted by molar-refractivity contribution is 6.08. The molecule has 0 unspecified atom stereocenters. The molecule has 2 heterocycles. The Labute approximate surface area is 185 Å². The molecule has 0 atom stereocenters. The van der Waals surface area contributed by atoms with E-state index in [1.807, 2.05) is 36.4 Å². The van der Waals surface area contributed by atoms with E-state index in [2.05, 4.69) is 15.6 Å². The number of nitrogens with one attached hydrogen (secondary N) is 2. The van der Waals surface area contributed by atoms with Crippen LogP contribution in [0.2, 0.25) is 0 Å². The van der Waals surface area contributed by atoms with Crippen LogP contribution >= 0.6 is 0 Å². The maximum absolute atomic E-state index is 12.4. The molecule has 0 bridgehead atoms. The third kappa shape index (κ3) is 5.02. The van der Waals surface area contributed by atoms with Crippen molar-refractivity contribution in [3.8, 4) is 11.5 Å². The Morgan fingerprint density at radius 2 is 2.06 bits per heavy atom. The molecule has 1 aliphatic heterocycles. The Morgan fingerprint density at radius 1 is 1.19 bits per heavy atom. The lowest BCUT2D eigenvalue weighted by atomic mass is 10.1. The summed E-state index contributed by atoms with van der Waals surface area (Å²) >= 11 is 0. The minimum atomic E-state index is -0.346. The van der Waals surface area contributed by atoms with Crippen LogP contribution in [0.15, 0.2) is 78.8 Å². The molecule has 7 nitrogen and oxygen atoms in total. The molecule has 0 fully saturated rings. The molecule has 0 spiro atoms. The average molecular weight is 427 g/mol. The predicted molar refractivity (Wildman–Crippen MR) is 122 cm³/mol. The second-order valence-corrected chi connectivity index (χ2v) is 6.97. The summed E-state index contributed by atoms with van der Waals surface area (Å²) in [6.45, 7) is 0.394. The lowest BCUT2D eigenvalue weighted by molar-refractivity contribution is -0.116. The van der Waals surface area contributed by atoms with E-state index in [0.717, 1.165) is 11.1 Å². The van der Waals surface area contributed by atoms with Gasteiger partial charge in [-0.1, -0.05) is 24.3 Å². The van der Waals surface area contributed by atoms with Crippen molar-refractivity contribution in [3.05, 3.63) is 95.5 Å². The average Bonchev–Trinajstić information content (AvgIpc) is 2.82. The van der Waals surface area contributed by atoms with Gasteiger partial charge in [0.25, 0.3) is 5.91 Å². The normalized spacial score (nSPS) is 13.9. The number of carbonyl (C=O) groups excluding carboxylic acids is 2. The summed E-state index contributed by atoms with van der Waals surface area (Å²) in [5, 5.41) is 5.62. The molecule has 3 aromatic rings. The number of benzene rings is 2. The highest BCUT2D eigenvalue weighted by atomic mass is 16.5. The third-order valence-corrected chi connectivity index (χ3v) is 4.74. The summed E-state index contributed by atoms with van der Waals surface area (Å²) in [4.78, 5) is 28.6. The standard InChI is InChI=1S/C25H21N3O4/c1-31-21-10-8-17(9-11-24(29)27-16-18-5-4-12-26-15-18)13-19(21)14-23-25(30)28-20-6-2-3-7-22(20)32-23/h2-15H,16H2,1H3,(H,27,29)(H,28,30)/b11-9+,23-14-. The van der Waals surface area contributed by atoms with Gasteiger partial charge in [0.05, 0.1) is 12.8 Å². The summed E-state index contributed by atoms with van der Waals surface area (Å²) in [6, 6.07) is 16.3. The van der Waals surface area contributed by atoms with Crippen molar-refractivity contribution in [1.82, 2.24) is 10.3 Å². The fraction of sp³-hybridized carbons (Fsp3) is 0.0800. The van der Waals surface area contributed by atoms with E-state index in [1.165, 1.54) is 6.08 Å². The molecular formula is C25H21N3O4. The zero-order chi connectivity index (χ0) is 22.3. The van der Waals surface area contributed by atoms with Crippen LogP contribution in [-0.4, -0.2) is 23.9 Å². The fourth-order valence-corrected chi connectivity index (χ4v) is 3.14. The van der Waals surface area contributed by atoms with Gasteiger partial charge in [-0.3, -0.25) is 14.6 Å². The summed E-state index contributed by atoms with van der Waals surface area (Å²) in [5.74, 6) is 0.722. The van der Waals surface area contributed by atoms with Crippen molar-refractivity contribution in [2.45, 2.75) is 6.54 Å². The molecule has 0 radical (unpaired) electrons. The SMILES string of the molecule is COc1ccc(/C=C/C(=O)NCc2cccnc2)cc1/C=C1\Oc2ccccc2NC1=O. The van der Waals surface area contributed by atoms with Gasteiger partial charge in [-0.05, 0) is 53.6 Å². The molecule has 0 saturated heterocycles. The minimum absolute atomic E-state index is 0.150. The Kier molecular flexibility index (Phi) is 6.27. The Morgan fingerprint density at radius 3 is 2.88 bits per heavy atom. The summed E-state index contributed by atoms with van der Waals surface area (Å²) in [7, 11) is 1.55. The van der Waals surface area contributed by atoms with Crippen LogP contribution in [0.4, 0.5) is 5.69 Å². The molecular weight excluding hydrogens is 406 g/mol. The molecule has 1 aliphatic rings. The van der Waals surface area contributed by atoms with Crippen LogP contribution < -0.4 is 20.1 Å². The van der Waals surface area contributed by atoms with E-state index in [4.69, 9.17) is 9.47 Å². The third-order valence-electron chi connectivity index (χ3n) is 4.74. The van der Waals surface area contributed by atoms with E-state index in [-0.39, 0.29) is 17.6 Å². The molecule has 0 saturated carbocycles. The number of para-hydroxylation sites is 2. The van der Waals surface area contributed by atoms with Crippen LogP contribution in [0, 0.1) is 0 Å². The first-order chi connectivity index (χ1) is 15.6. The van der Waals surface area contributed by atoms with Crippen LogP contribution in [0.3, 0.4) is 0 Å². The van der Waals surface area contributed by atoms with Crippen molar-refractivity contribution in [2.75, 3.05) is 12.4 Å². The van der Waals surface area contributed by atoms with E-state index < -0.39 is 0 Å². The molecule has 0 aliphatic carbocycles. The number of carbonyl (C=O) groups is 2. The van der Waals surface area contributed by atoms with Crippen molar-refractivity contribution >= 4 is 29.7 Å². The van der Waals surface area contributed by atoms with Gasteiger partial charge in [-0.2, -0.15) is 0 Å². The number of methoxy groups -OCH3 is 1. The molecule has 2 aromatic carbocycles. The van der Waals surface area contributed by atoms with Gasteiger partial charge >= 0.3 is 0 Å². The number of anilines is 1. The Bertz CT molecular complexity index is 1200. The van der Waals surface area contributed by atoms with E-state index in [0.29, 0.717) is 29.3 Å². The summed E-state index contributed by atoms with van der Waals surface area (Å²) in [6.07, 6.45) is 8.15. The quantitative estimate of drug-likeness (QED) is 0.584. The molecule has 2 N–H and O–H groups in total. The van der Waals surface area contributed by atoms with Gasteiger partial charge in [0, 0.05) is 30.6 Å². The lowest BCUT2D eigenvalue weighted by Crippen LogP contribution is -2.23. The van der Waals surface area contributed by atoms with Crippen molar-refractivity contribution in [3.63, 3.8) is 0 Å². The van der Waals surface area contributed by atoms with Gasteiger partial charge in [0.2, 0.25) is 5.91 Å². The van der Waals surface area contributed by atoms with Crippen LogP contribution in [0.25, 0.3) is 12.2 Å². The fourth-order valence-electron chi connectivity index (χ4n) is 3.14. The zero-order valence-electron chi connectivity index (χ0n) is 17.4. The highest BCUT2D eigenvalue weighted by Crippen LogP contribution is 2.32. The zero-order valence-corrected chi connectivity index (χ0v) is 17.4. The number of ether oxygens (including phenoxy) is 2. The Hall–Kier alpha value is -4.39. The highest BCUT2D eigenvalue weighted by Gasteiger charge is 2.22. The van der Waals surface area contributed by atoms with Gasteiger partial charge in [0.15, 0.2) is 11.5 Å². The molecule has 1 aromatic heterocycles. The molecule has 160 valence electrons. The van der Waals surface area contributed by atoms with Gasteiger partial charge in [0.1, 0.15) is 5.75 Å². The number of aromatic nitrogens is 1. The monoisotopic (exact) mass is 427 g/mol. The first-order valence-electron chi connectivity index (χ1n) is 9.95. The van der Waals surface area contributed by atoms with Gasteiger partial charge in [-0.15, -0.1) is 0 Å². The van der Waals surface area contributed by atoms with Crippen molar-refractivity contribution < 1.29 is 19.1 Å². The number of hydrogen-bond acceptors (Lipinski definition) is 5. The number of amides is 2. The van der Waals surface area contributed by atoms with E-state index in [1.54, 1.807) is 49.9 Å². The van der Waals surface area contributed by atoms with Gasteiger partial charge in [-0.25, -0.2) is 0 Å². The van der Waals surface area contributed by atoms with Crippen molar-refractivity contribution in [2.24, 2.45) is 0 Å². The van der Waals surface area contributed by atoms with E-state index in [9.17, 15) is 9.59 Å². The molecule has 32 heavy (non-hydrogen) atoms. The number of rotatable bonds is 6. The summed E-state index contributed by atoms with van der Waals surface area (Å²) < 4.78 is 11.2. The molecule has 2 amide bonds. The first kappa shape index (κ1) is 20.9. The van der Waals surface area contributed by atoms with Gasteiger partial charge < -0.3 is 20.1 Å². The molecule has 7 heteroatoms. The first-order valence-corrected chi connectivity index (χ1v) is 9.95. The number of hydrogen-bond donors (Lipinski definition) is 2. The molecule has 4 rings (SSSR count). The maximum atomic E-state index is 12.4. The van der Waals surface area contributed by atoms with Crippen molar-refractivity contribution in [1.29, 1.82) is 0 Å². The smallest absolute Gasteiger partial charge is 0.291 e. The van der Waals surface area contributed by atoms with E-state index >= 15 is 0 Å². The van der Waals surface area contributed by atoms with Crippen LogP contribution in [-0.2, 0) is 16.1 Å².